The summed E-state index contributed by atoms with van der Waals surface area (Å²) in [7, 11) is -4.08. The second-order valence-electron chi connectivity index (χ2n) is 6.46. The van der Waals surface area contributed by atoms with Crippen molar-refractivity contribution in [3.63, 3.8) is 0 Å². The second-order valence-corrected chi connectivity index (χ2v) is 8.25. The molecule has 4 rings (SSSR count). The molecule has 1 saturated heterocycles. The predicted molar refractivity (Wildman–Crippen MR) is 107 cm³/mol. The highest BCUT2D eigenvalue weighted by atomic mass is 32.2. The minimum atomic E-state index is -4.08. The summed E-state index contributed by atoms with van der Waals surface area (Å²) in [6.07, 6.45) is 3.19. The van der Waals surface area contributed by atoms with Crippen LogP contribution in [0.15, 0.2) is 47.6 Å². The van der Waals surface area contributed by atoms with Crippen molar-refractivity contribution < 1.29 is 22.7 Å². The number of fused-ring (bicyclic) bond motifs is 1. The Morgan fingerprint density at radius 1 is 1.24 bits per heavy atom. The van der Waals surface area contributed by atoms with Gasteiger partial charge in [0, 0.05) is 38.6 Å². The number of carboxylic acid groups (broad SMARTS) is 1. The van der Waals surface area contributed by atoms with Crippen LogP contribution in [0.3, 0.4) is 0 Å². The van der Waals surface area contributed by atoms with Gasteiger partial charge in [-0.2, -0.15) is 0 Å². The Morgan fingerprint density at radius 3 is 2.62 bits per heavy atom. The van der Waals surface area contributed by atoms with Gasteiger partial charge in [-0.15, -0.1) is 0 Å². The summed E-state index contributed by atoms with van der Waals surface area (Å²) in [6.45, 7) is 4.64. The van der Waals surface area contributed by atoms with E-state index in [1.54, 1.807) is 37.5 Å². The summed E-state index contributed by atoms with van der Waals surface area (Å²) < 4.78 is 41.8. The number of piperazine rings is 1. The van der Waals surface area contributed by atoms with Crippen molar-refractivity contribution in [1.29, 1.82) is 0 Å². The maximum Gasteiger partial charge on any atom is 0.290 e. The maximum atomic E-state index is 14.3. The van der Waals surface area contributed by atoms with E-state index in [-0.39, 0.29) is 11.4 Å². The van der Waals surface area contributed by atoms with Gasteiger partial charge in [-0.05, 0) is 36.8 Å². The lowest BCUT2D eigenvalue weighted by atomic mass is 10.2. The fraction of sp³-hybridized carbons (Fsp3) is 0.263. The number of anilines is 1. The molecule has 0 aliphatic carbocycles. The first-order valence-corrected chi connectivity index (χ1v) is 10.4. The van der Waals surface area contributed by atoms with Crippen LogP contribution in [0.25, 0.3) is 11.0 Å². The van der Waals surface area contributed by atoms with Gasteiger partial charge in [-0.25, -0.2) is 16.8 Å². The van der Waals surface area contributed by atoms with E-state index in [1.807, 2.05) is 0 Å². The quantitative estimate of drug-likeness (QED) is 0.623. The van der Waals surface area contributed by atoms with Gasteiger partial charge in [0.05, 0.1) is 11.2 Å². The highest BCUT2D eigenvalue weighted by Gasteiger charge is 2.27. The number of benzene rings is 1. The molecule has 8 nitrogen and oxygen atoms in total. The fourth-order valence-corrected chi connectivity index (χ4v) is 4.77. The first-order chi connectivity index (χ1) is 13.9. The van der Waals surface area contributed by atoms with Crippen molar-refractivity contribution in [1.82, 2.24) is 14.3 Å². The molecule has 0 saturated carbocycles. The topological polar surface area (TPSA) is 105 Å². The molecule has 2 N–H and O–H groups in total. The van der Waals surface area contributed by atoms with Crippen LogP contribution in [-0.2, 0) is 14.8 Å². The Hall–Kier alpha value is -2.98. The number of halogens is 1. The molecule has 1 aromatic carbocycles. The molecular weight excluding hydrogens is 399 g/mol. The lowest BCUT2D eigenvalue weighted by Gasteiger charge is -2.28. The van der Waals surface area contributed by atoms with E-state index in [9.17, 15) is 12.8 Å². The van der Waals surface area contributed by atoms with Crippen molar-refractivity contribution in [2.45, 2.75) is 11.8 Å². The maximum absolute atomic E-state index is 14.3. The summed E-state index contributed by atoms with van der Waals surface area (Å²) in [5.41, 5.74) is 2.48. The van der Waals surface area contributed by atoms with Crippen LogP contribution in [-0.4, -0.2) is 55.1 Å². The van der Waals surface area contributed by atoms with Crippen LogP contribution >= 0.6 is 0 Å². The van der Waals surface area contributed by atoms with E-state index in [1.165, 1.54) is 12.1 Å². The van der Waals surface area contributed by atoms with Crippen LogP contribution in [0.2, 0.25) is 0 Å². The minimum absolute atomic E-state index is 0.250. The van der Waals surface area contributed by atoms with E-state index < -0.39 is 15.8 Å². The third kappa shape index (κ3) is 4.08. The van der Waals surface area contributed by atoms with E-state index in [0.717, 1.165) is 35.8 Å². The molecule has 0 amide bonds. The first kappa shape index (κ1) is 20.7. The van der Waals surface area contributed by atoms with Gasteiger partial charge < -0.3 is 15.3 Å². The van der Waals surface area contributed by atoms with Crippen LogP contribution in [0.5, 0.6) is 0 Å². The molecule has 10 heteroatoms. The van der Waals surface area contributed by atoms with Crippen molar-refractivity contribution in [3.05, 3.63) is 54.1 Å². The normalized spacial score (nSPS) is 14.3. The summed E-state index contributed by atoms with van der Waals surface area (Å²) >= 11 is 0. The number of hydrogen-bond acceptors (Lipinski definition) is 6. The molecule has 2 aromatic heterocycles. The van der Waals surface area contributed by atoms with Gasteiger partial charge in [-0.1, -0.05) is 6.07 Å². The molecule has 0 atom stereocenters. The molecule has 0 bridgehead atoms. The number of aryl methyl sites for hydroxylation is 1. The number of carbonyl (C=O) groups is 1. The van der Waals surface area contributed by atoms with Gasteiger partial charge in [0.1, 0.15) is 16.2 Å². The van der Waals surface area contributed by atoms with Crippen molar-refractivity contribution in [2.24, 2.45) is 0 Å². The van der Waals surface area contributed by atoms with E-state index in [4.69, 9.17) is 9.90 Å². The largest absolute Gasteiger partial charge is 0.483 e. The van der Waals surface area contributed by atoms with Gasteiger partial charge >= 0.3 is 0 Å². The summed E-state index contributed by atoms with van der Waals surface area (Å²) in [4.78, 5) is 14.5. The zero-order chi connectivity index (χ0) is 21.0. The number of rotatable bonds is 3. The number of hydrogen-bond donors (Lipinski definition) is 2. The van der Waals surface area contributed by atoms with Crippen LogP contribution < -0.4 is 10.2 Å². The molecule has 3 heterocycles. The predicted octanol–water partition coefficient (Wildman–Crippen LogP) is 1.83. The third-order valence-corrected chi connectivity index (χ3v) is 6.28. The van der Waals surface area contributed by atoms with Crippen molar-refractivity contribution >= 4 is 33.2 Å². The molecule has 154 valence electrons. The van der Waals surface area contributed by atoms with Crippen LogP contribution in [0.1, 0.15) is 5.56 Å². The zero-order valence-electron chi connectivity index (χ0n) is 15.7. The highest BCUT2D eigenvalue weighted by Crippen LogP contribution is 2.31. The first-order valence-electron chi connectivity index (χ1n) is 8.91. The molecule has 1 fully saturated rings. The highest BCUT2D eigenvalue weighted by molar-refractivity contribution is 7.90. The SMILES string of the molecule is Cc1ccc(F)c(S(=O)(=O)n2cc(N3CCNCC3)c3ncccc32)c1.O=CO. The van der Waals surface area contributed by atoms with E-state index in [0.29, 0.717) is 16.6 Å². The zero-order valence-corrected chi connectivity index (χ0v) is 16.6. The standard InChI is InChI=1S/C18H19FN4O2S.CH2O2/c1-13-4-5-14(19)17(11-13)26(24,25)23-12-16(22-9-7-20-8-10-22)18-15(23)3-2-6-21-18;2-1-3/h2-6,11-12,20H,7-10H2,1H3;1H,(H,2,3). The van der Waals surface area contributed by atoms with Gasteiger partial charge in [0.2, 0.25) is 0 Å². The third-order valence-electron chi connectivity index (χ3n) is 4.59. The number of nitrogens with zero attached hydrogens (tertiary/aromatic N) is 3. The number of pyridine rings is 1. The number of aromatic nitrogens is 2. The Labute approximate surface area is 167 Å². The summed E-state index contributed by atoms with van der Waals surface area (Å²) in [6, 6.07) is 7.47. The molecule has 29 heavy (non-hydrogen) atoms. The summed E-state index contributed by atoms with van der Waals surface area (Å²) in [5, 5.41) is 10.2. The monoisotopic (exact) mass is 420 g/mol. The molecule has 3 aromatic rings. The Balaban J connectivity index is 0.000000755. The van der Waals surface area contributed by atoms with E-state index >= 15 is 0 Å². The fourth-order valence-electron chi connectivity index (χ4n) is 3.26. The molecule has 1 aliphatic rings. The summed E-state index contributed by atoms with van der Waals surface area (Å²) in [5.74, 6) is -0.759. The van der Waals surface area contributed by atoms with Crippen molar-refractivity contribution in [3.8, 4) is 0 Å². The smallest absolute Gasteiger partial charge is 0.290 e. The Kier molecular flexibility index (Phi) is 6.14. The van der Waals surface area contributed by atoms with Crippen molar-refractivity contribution in [2.75, 3.05) is 31.1 Å². The molecule has 0 spiro atoms. The van der Waals surface area contributed by atoms with Gasteiger partial charge in [0.15, 0.2) is 0 Å². The lowest BCUT2D eigenvalue weighted by molar-refractivity contribution is -0.122. The average molecular weight is 420 g/mol. The average Bonchev–Trinajstić information content (AvgIpc) is 3.11. The van der Waals surface area contributed by atoms with Gasteiger partial charge in [0.25, 0.3) is 16.5 Å². The van der Waals surface area contributed by atoms with Crippen LogP contribution in [0, 0.1) is 12.7 Å². The molecular formula is C19H21FN4O4S. The van der Waals surface area contributed by atoms with Gasteiger partial charge in [-0.3, -0.25) is 9.78 Å². The lowest BCUT2D eigenvalue weighted by Crippen LogP contribution is -2.43. The molecule has 0 radical (unpaired) electrons. The molecule has 1 aliphatic heterocycles. The second kappa shape index (κ2) is 8.58. The Bertz CT molecular complexity index is 1120. The van der Waals surface area contributed by atoms with E-state index in [2.05, 4.69) is 15.2 Å². The van der Waals surface area contributed by atoms with Crippen LogP contribution in [0.4, 0.5) is 10.1 Å². The Morgan fingerprint density at radius 2 is 1.93 bits per heavy atom. The minimum Gasteiger partial charge on any atom is -0.483 e. The number of nitrogens with one attached hydrogen (secondary N) is 1. The molecule has 0 unspecified atom stereocenters.